The van der Waals surface area contributed by atoms with E-state index in [1.807, 2.05) is 0 Å². The van der Waals surface area contributed by atoms with Crippen LogP contribution >= 0.6 is 0 Å². The van der Waals surface area contributed by atoms with Crippen molar-refractivity contribution in [2.24, 2.45) is 0 Å². The maximum atomic E-state index is 13.1. The Labute approximate surface area is 73.1 Å². The fraction of sp³-hybridized carbons (Fsp3) is 0.125. The Hall–Kier alpha value is -1.78. The molecule has 0 unspecified atom stereocenters. The summed E-state index contributed by atoms with van der Waals surface area (Å²) in [6.07, 6.45) is 0.252. The summed E-state index contributed by atoms with van der Waals surface area (Å²) in [7, 11) is 0. The molecular weight excluding hydrogens is 177 g/mol. The summed E-state index contributed by atoms with van der Waals surface area (Å²) in [5.41, 5.74) is -0.727. The van der Waals surface area contributed by atoms with Crippen LogP contribution in [-0.2, 0) is 0 Å². The standard InChI is InChI=1S/C8H6FNO3/c1-5-2-3-6(4-11)7(9)8(5)10(12)13/h2-4H,1H3. The third-order valence-corrected chi connectivity index (χ3v) is 1.66. The molecule has 0 aliphatic rings. The smallest absolute Gasteiger partial charge is 0.298 e. The molecule has 1 rings (SSSR count). The second kappa shape index (κ2) is 3.30. The Bertz CT molecular complexity index is 376. The van der Waals surface area contributed by atoms with Gasteiger partial charge in [-0.3, -0.25) is 14.9 Å². The average molecular weight is 183 g/mol. The molecule has 0 fully saturated rings. The van der Waals surface area contributed by atoms with Crippen molar-refractivity contribution in [3.05, 3.63) is 39.2 Å². The minimum absolute atomic E-state index is 0.202. The van der Waals surface area contributed by atoms with Crippen LogP contribution in [0.1, 0.15) is 15.9 Å². The Morgan fingerprint density at radius 1 is 1.54 bits per heavy atom. The number of hydrogen-bond donors (Lipinski definition) is 0. The van der Waals surface area contributed by atoms with Gasteiger partial charge in [0.1, 0.15) is 0 Å². The number of hydrogen-bond acceptors (Lipinski definition) is 3. The van der Waals surface area contributed by atoms with E-state index in [1.54, 1.807) is 0 Å². The van der Waals surface area contributed by atoms with Crippen molar-refractivity contribution in [1.82, 2.24) is 0 Å². The first-order chi connectivity index (χ1) is 6.07. The van der Waals surface area contributed by atoms with E-state index in [-0.39, 0.29) is 17.4 Å². The zero-order chi connectivity index (χ0) is 10.0. The second-order valence-electron chi connectivity index (χ2n) is 2.51. The topological polar surface area (TPSA) is 60.2 Å². The first kappa shape index (κ1) is 9.31. The number of benzene rings is 1. The van der Waals surface area contributed by atoms with Crippen LogP contribution in [0.25, 0.3) is 0 Å². The van der Waals surface area contributed by atoms with Gasteiger partial charge in [-0.1, -0.05) is 6.07 Å². The van der Waals surface area contributed by atoms with Crippen LogP contribution in [-0.4, -0.2) is 11.2 Å². The van der Waals surface area contributed by atoms with Gasteiger partial charge in [0, 0.05) is 5.56 Å². The minimum Gasteiger partial charge on any atom is -0.298 e. The predicted molar refractivity (Wildman–Crippen MR) is 43.2 cm³/mol. The maximum Gasteiger partial charge on any atom is 0.308 e. The van der Waals surface area contributed by atoms with Crippen molar-refractivity contribution in [3.8, 4) is 0 Å². The number of nitro benzene ring substituents is 1. The second-order valence-corrected chi connectivity index (χ2v) is 2.51. The highest BCUT2D eigenvalue weighted by atomic mass is 19.1. The number of aldehydes is 1. The SMILES string of the molecule is Cc1ccc(C=O)c(F)c1[N+](=O)[O-]. The molecule has 0 aromatic heterocycles. The Kier molecular flexibility index (Phi) is 2.36. The summed E-state index contributed by atoms with van der Waals surface area (Å²) in [4.78, 5) is 19.8. The molecule has 0 bridgehead atoms. The van der Waals surface area contributed by atoms with Crippen molar-refractivity contribution in [3.63, 3.8) is 0 Å². The lowest BCUT2D eigenvalue weighted by Gasteiger charge is -1.99. The van der Waals surface area contributed by atoms with Crippen molar-refractivity contribution in [1.29, 1.82) is 0 Å². The first-order valence-corrected chi connectivity index (χ1v) is 3.46. The van der Waals surface area contributed by atoms with E-state index < -0.39 is 16.4 Å². The quantitative estimate of drug-likeness (QED) is 0.399. The molecule has 4 nitrogen and oxygen atoms in total. The van der Waals surface area contributed by atoms with Gasteiger partial charge in [0.2, 0.25) is 5.82 Å². The average Bonchev–Trinajstić information content (AvgIpc) is 2.04. The van der Waals surface area contributed by atoms with Crippen LogP contribution in [0.4, 0.5) is 10.1 Å². The third-order valence-electron chi connectivity index (χ3n) is 1.66. The van der Waals surface area contributed by atoms with Gasteiger partial charge in [0.15, 0.2) is 6.29 Å². The molecule has 0 atom stereocenters. The molecule has 5 heteroatoms. The fourth-order valence-electron chi connectivity index (χ4n) is 0.992. The van der Waals surface area contributed by atoms with E-state index in [9.17, 15) is 19.3 Å². The molecule has 68 valence electrons. The maximum absolute atomic E-state index is 13.1. The number of rotatable bonds is 2. The minimum atomic E-state index is -1.07. The zero-order valence-electron chi connectivity index (χ0n) is 6.78. The molecule has 0 spiro atoms. The van der Waals surface area contributed by atoms with Gasteiger partial charge in [0.25, 0.3) is 0 Å². The third kappa shape index (κ3) is 1.53. The number of carbonyl (C=O) groups is 1. The Morgan fingerprint density at radius 2 is 2.15 bits per heavy atom. The molecule has 0 aliphatic heterocycles. The lowest BCUT2D eigenvalue weighted by molar-refractivity contribution is -0.388. The molecule has 0 aliphatic carbocycles. The molecule has 0 radical (unpaired) electrons. The molecule has 1 aromatic carbocycles. The highest BCUT2D eigenvalue weighted by Crippen LogP contribution is 2.23. The summed E-state index contributed by atoms with van der Waals surface area (Å²) >= 11 is 0. The van der Waals surface area contributed by atoms with Crippen LogP contribution in [0.15, 0.2) is 12.1 Å². The molecule has 0 heterocycles. The molecule has 0 amide bonds. The van der Waals surface area contributed by atoms with Crippen LogP contribution in [0.5, 0.6) is 0 Å². The number of aryl methyl sites for hydroxylation is 1. The molecule has 13 heavy (non-hydrogen) atoms. The number of nitrogens with zero attached hydrogens (tertiary/aromatic N) is 1. The van der Waals surface area contributed by atoms with E-state index in [0.717, 1.165) is 0 Å². The first-order valence-electron chi connectivity index (χ1n) is 3.46. The normalized spacial score (nSPS) is 9.69. The number of halogens is 1. The largest absolute Gasteiger partial charge is 0.308 e. The van der Waals surface area contributed by atoms with Gasteiger partial charge in [-0.05, 0) is 13.0 Å². The monoisotopic (exact) mass is 183 g/mol. The van der Waals surface area contributed by atoms with E-state index in [0.29, 0.717) is 0 Å². The van der Waals surface area contributed by atoms with Crippen molar-refractivity contribution in [2.75, 3.05) is 0 Å². The summed E-state index contributed by atoms with van der Waals surface area (Å²) in [5.74, 6) is -1.07. The van der Waals surface area contributed by atoms with Crippen LogP contribution < -0.4 is 0 Å². The Balaban J connectivity index is 3.47. The van der Waals surface area contributed by atoms with Crippen molar-refractivity contribution in [2.45, 2.75) is 6.92 Å². The van der Waals surface area contributed by atoms with Gasteiger partial charge in [0.05, 0.1) is 10.5 Å². The summed E-state index contributed by atoms with van der Waals surface area (Å²) < 4.78 is 13.1. The Morgan fingerprint density at radius 3 is 2.62 bits per heavy atom. The predicted octanol–water partition coefficient (Wildman–Crippen LogP) is 1.85. The molecule has 0 N–H and O–H groups in total. The van der Waals surface area contributed by atoms with Gasteiger partial charge < -0.3 is 0 Å². The number of carbonyl (C=O) groups excluding carboxylic acids is 1. The van der Waals surface area contributed by atoms with E-state index in [1.165, 1.54) is 19.1 Å². The lowest BCUT2D eigenvalue weighted by Crippen LogP contribution is -1.99. The van der Waals surface area contributed by atoms with E-state index >= 15 is 0 Å². The highest BCUT2D eigenvalue weighted by molar-refractivity contribution is 5.77. The molecule has 0 saturated heterocycles. The van der Waals surface area contributed by atoms with Crippen LogP contribution in [0.2, 0.25) is 0 Å². The number of nitro groups is 1. The van der Waals surface area contributed by atoms with Crippen molar-refractivity contribution < 1.29 is 14.1 Å². The lowest BCUT2D eigenvalue weighted by atomic mass is 10.1. The molecule has 0 saturated carbocycles. The summed E-state index contributed by atoms with van der Waals surface area (Å²) in [5, 5.41) is 10.4. The van der Waals surface area contributed by atoms with E-state index in [4.69, 9.17) is 0 Å². The zero-order valence-corrected chi connectivity index (χ0v) is 6.78. The fourth-order valence-corrected chi connectivity index (χ4v) is 0.992. The highest BCUT2D eigenvalue weighted by Gasteiger charge is 2.20. The molecule has 1 aromatic rings. The van der Waals surface area contributed by atoms with Crippen LogP contribution in [0, 0.1) is 22.9 Å². The van der Waals surface area contributed by atoms with Gasteiger partial charge in [-0.25, -0.2) is 0 Å². The summed E-state index contributed by atoms with van der Waals surface area (Å²) in [6.45, 7) is 1.41. The molecular formula is C8H6FNO3. The van der Waals surface area contributed by atoms with E-state index in [2.05, 4.69) is 0 Å². The van der Waals surface area contributed by atoms with Gasteiger partial charge in [-0.15, -0.1) is 0 Å². The van der Waals surface area contributed by atoms with Gasteiger partial charge >= 0.3 is 5.69 Å². The summed E-state index contributed by atoms with van der Waals surface area (Å²) in [6, 6.07) is 2.55. The van der Waals surface area contributed by atoms with Crippen molar-refractivity contribution >= 4 is 12.0 Å². The van der Waals surface area contributed by atoms with Crippen LogP contribution in [0.3, 0.4) is 0 Å². The van der Waals surface area contributed by atoms with Gasteiger partial charge in [-0.2, -0.15) is 4.39 Å².